The van der Waals surface area contributed by atoms with Crippen LogP contribution in [0.5, 0.6) is 0 Å². The van der Waals surface area contributed by atoms with Crippen LogP contribution in [0.15, 0.2) is 12.2 Å². The number of ether oxygens (including phenoxy) is 1. The first-order valence-corrected chi connectivity index (χ1v) is 6.79. The Hall–Kier alpha value is -0.830. The maximum absolute atomic E-state index is 11.8. The Bertz CT molecular complexity index is 439. The van der Waals surface area contributed by atoms with Gasteiger partial charge < -0.3 is 9.84 Å². The first-order valence-electron chi connectivity index (χ1n) is 6.79. The van der Waals surface area contributed by atoms with Crippen LogP contribution in [-0.4, -0.2) is 22.3 Å². The molecule has 0 spiro atoms. The molecule has 0 aromatic carbocycles. The van der Waals surface area contributed by atoms with Crippen molar-refractivity contribution < 1.29 is 14.6 Å². The highest BCUT2D eigenvalue weighted by molar-refractivity contribution is 5.87. The number of hydrogen-bond acceptors (Lipinski definition) is 3. The molecule has 5 unspecified atom stereocenters. The van der Waals surface area contributed by atoms with Gasteiger partial charge in [-0.2, -0.15) is 0 Å². The molecule has 0 aromatic heterocycles. The van der Waals surface area contributed by atoms with Crippen molar-refractivity contribution in [2.75, 3.05) is 0 Å². The first kappa shape index (κ1) is 12.2. The third-order valence-corrected chi connectivity index (χ3v) is 5.23. The van der Waals surface area contributed by atoms with E-state index in [4.69, 9.17) is 4.74 Å². The van der Waals surface area contributed by atoms with Gasteiger partial charge >= 0.3 is 5.97 Å². The fraction of sp³-hybridized carbons (Fsp3) is 0.800. The van der Waals surface area contributed by atoms with Crippen LogP contribution in [0.1, 0.15) is 46.5 Å². The predicted molar refractivity (Wildman–Crippen MR) is 67.8 cm³/mol. The molecule has 0 radical (unpaired) electrons. The summed E-state index contributed by atoms with van der Waals surface area (Å²) in [5, 5.41) is 10.5. The topological polar surface area (TPSA) is 46.5 Å². The van der Waals surface area contributed by atoms with E-state index in [9.17, 15) is 9.90 Å². The Morgan fingerprint density at radius 2 is 2.00 bits per heavy atom. The third-order valence-electron chi connectivity index (χ3n) is 5.23. The molecule has 1 N–H and O–H groups in total. The molecule has 100 valence electrons. The molecule has 0 heterocycles. The minimum Gasteiger partial charge on any atom is -0.455 e. The molecule has 3 nitrogen and oxygen atoms in total. The highest BCUT2D eigenvalue weighted by Gasteiger charge is 2.74. The molecule has 0 bridgehead atoms. The molecule has 0 amide bonds. The molecule has 0 aliphatic heterocycles. The third kappa shape index (κ3) is 1.43. The summed E-state index contributed by atoms with van der Waals surface area (Å²) in [6, 6.07) is 0. The molecule has 18 heavy (non-hydrogen) atoms. The molecule has 5 atom stereocenters. The van der Waals surface area contributed by atoms with Gasteiger partial charge in [0.05, 0.1) is 5.60 Å². The SMILES string of the molecule is C=C(C)C(=O)OC12CC3CC(C)(CC(C)(O)C1)C32. The lowest BCUT2D eigenvalue weighted by Gasteiger charge is -2.74. The highest BCUT2D eigenvalue weighted by atomic mass is 16.6. The first-order chi connectivity index (χ1) is 8.18. The molecular formula is C15H22O3. The van der Waals surface area contributed by atoms with Crippen molar-refractivity contribution in [3.63, 3.8) is 0 Å². The fourth-order valence-corrected chi connectivity index (χ4v) is 5.27. The molecular weight excluding hydrogens is 228 g/mol. The van der Waals surface area contributed by atoms with E-state index in [2.05, 4.69) is 13.5 Å². The van der Waals surface area contributed by atoms with Gasteiger partial charge in [0, 0.05) is 17.9 Å². The van der Waals surface area contributed by atoms with Gasteiger partial charge in [-0.1, -0.05) is 13.5 Å². The predicted octanol–water partition coefficient (Wildman–Crippen LogP) is 2.44. The molecule has 3 heteroatoms. The van der Waals surface area contributed by atoms with E-state index in [1.165, 1.54) is 6.42 Å². The van der Waals surface area contributed by atoms with Gasteiger partial charge in [0.25, 0.3) is 0 Å². The van der Waals surface area contributed by atoms with Crippen LogP contribution in [0, 0.1) is 17.3 Å². The van der Waals surface area contributed by atoms with E-state index >= 15 is 0 Å². The van der Waals surface area contributed by atoms with Crippen LogP contribution in [-0.2, 0) is 9.53 Å². The number of esters is 1. The smallest absolute Gasteiger partial charge is 0.333 e. The van der Waals surface area contributed by atoms with Crippen LogP contribution in [0.25, 0.3) is 0 Å². The molecule has 3 fully saturated rings. The number of rotatable bonds is 2. The lowest BCUT2D eigenvalue weighted by Crippen LogP contribution is -2.75. The lowest BCUT2D eigenvalue weighted by molar-refractivity contribution is -0.319. The van der Waals surface area contributed by atoms with Crippen molar-refractivity contribution in [1.29, 1.82) is 0 Å². The molecule has 3 aliphatic carbocycles. The number of hydrogen-bond donors (Lipinski definition) is 1. The monoisotopic (exact) mass is 250 g/mol. The highest BCUT2D eigenvalue weighted by Crippen LogP contribution is 2.74. The average molecular weight is 250 g/mol. The lowest BCUT2D eigenvalue weighted by atomic mass is 9.33. The van der Waals surface area contributed by atoms with Crippen molar-refractivity contribution in [1.82, 2.24) is 0 Å². The normalized spacial score (nSPS) is 52.7. The maximum atomic E-state index is 11.8. The molecule has 0 saturated heterocycles. The zero-order valence-corrected chi connectivity index (χ0v) is 11.5. The van der Waals surface area contributed by atoms with Crippen LogP contribution in [0.3, 0.4) is 0 Å². The number of carbonyl (C=O) groups is 1. The Morgan fingerprint density at radius 1 is 1.33 bits per heavy atom. The fourth-order valence-electron chi connectivity index (χ4n) is 5.27. The Labute approximate surface area is 108 Å². The largest absolute Gasteiger partial charge is 0.455 e. The summed E-state index contributed by atoms with van der Waals surface area (Å²) in [6.07, 6.45) is 3.49. The molecule has 3 rings (SSSR count). The van der Waals surface area contributed by atoms with Crippen molar-refractivity contribution in [3.8, 4) is 0 Å². The zero-order chi connectivity index (χ0) is 13.3. The Kier molecular flexibility index (Phi) is 2.16. The van der Waals surface area contributed by atoms with Crippen LogP contribution >= 0.6 is 0 Å². The Balaban J connectivity index is 1.87. The van der Waals surface area contributed by atoms with Crippen molar-refractivity contribution in [2.45, 2.75) is 57.7 Å². The molecule has 3 saturated carbocycles. The van der Waals surface area contributed by atoms with Crippen molar-refractivity contribution >= 4 is 5.97 Å². The number of carbonyl (C=O) groups excluding carboxylic acids is 1. The van der Waals surface area contributed by atoms with Gasteiger partial charge in [-0.3, -0.25) is 0 Å². The summed E-state index contributed by atoms with van der Waals surface area (Å²) in [6.45, 7) is 9.42. The van der Waals surface area contributed by atoms with Crippen molar-refractivity contribution in [3.05, 3.63) is 12.2 Å². The Morgan fingerprint density at radius 3 is 2.56 bits per heavy atom. The van der Waals surface area contributed by atoms with Gasteiger partial charge in [-0.25, -0.2) is 4.79 Å². The zero-order valence-electron chi connectivity index (χ0n) is 11.5. The van der Waals surface area contributed by atoms with E-state index in [1.807, 2.05) is 6.92 Å². The van der Waals surface area contributed by atoms with E-state index in [1.54, 1.807) is 6.92 Å². The standard InChI is InChI=1S/C15H22O3/c1-9(2)12(16)18-15-6-10-5-13(3,11(10)15)7-14(4,17)8-15/h10-11,17H,1,5-8H2,2-4H3. The summed E-state index contributed by atoms with van der Waals surface area (Å²) in [7, 11) is 0. The van der Waals surface area contributed by atoms with E-state index in [0.29, 0.717) is 23.8 Å². The van der Waals surface area contributed by atoms with Gasteiger partial charge in [-0.15, -0.1) is 0 Å². The number of aliphatic hydroxyl groups is 1. The van der Waals surface area contributed by atoms with E-state index in [-0.39, 0.29) is 11.4 Å². The average Bonchev–Trinajstić information content (AvgIpc) is 2.10. The molecule has 0 aromatic rings. The van der Waals surface area contributed by atoms with E-state index in [0.717, 1.165) is 12.8 Å². The molecule has 3 aliphatic rings. The summed E-state index contributed by atoms with van der Waals surface area (Å²) in [5.41, 5.74) is -0.541. The van der Waals surface area contributed by atoms with Crippen LogP contribution < -0.4 is 0 Å². The van der Waals surface area contributed by atoms with Crippen LogP contribution in [0.4, 0.5) is 0 Å². The minimum atomic E-state index is -0.716. The second-order valence-corrected chi connectivity index (χ2v) is 7.39. The summed E-state index contributed by atoms with van der Waals surface area (Å²) >= 11 is 0. The summed E-state index contributed by atoms with van der Waals surface area (Å²) < 4.78 is 5.74. The summed E-state index contributed by atoms with van der Waals surface area (Å²) in [4.78, 5) is 11.8. The van der Waals surface area contributed by atoms with E-state index < -0.39 is 11.2 Å². The van der Waals surface area contributed by atoms with Crippen molar-refractivity contribution in [2.24, 2.45) is 17.3 Å². The van der Waals surface area contributed by atoms with Gasteiger partial charge in [0.15, 0.2) is 0 Å². The van der Waals surface area contributed by atoms with Crippen LogP contribution in [0.2, 0.25) is 0 Å². The minimum absolute atomic E-state index is 0.153. The second kappa shape index (κ2) is 3.19. The second-order valence-electron chi connectivity index (χ2n) is 7.39. The summed E-state index contributed by atoms with van der Waals surface area (Å²) in [5.74, 6) is 0.845. The maximum Gasteiger partial charge on any atom is 0.333 e. The quantitative estimate of drug-likeness (QED) is 0.605. The van der Waals surface area contributed by atoms with Gasteiger partial charge in [0.2, 0.25) is 0 Å². The van der Waals surface area contributed by atoms with Gasteiger partial charge in [-0.05, 0) is 44.4 Å². The van der Waals surface area contributed by atoms with Gasteiger partial charge in [0.1, 0.15) is 5.60 Å².